The van der Waals surface area contributed by atoms with E-state index in [1.165, 1.54) is 18.4 Å². The molecule has 4 aliphatic rings. The van der Waals surface area contributed by atoms with Crippen LogP contribution >= 0.6 is 0 Å². The minimum absolute atomic E-state index is 0.0639. The minimum atomic E-state index is -0.746. The molecule has 0 aromatic carbocycles. The maximum absolute atomic E-state index is 12.7. The number of ketones is 1. The number of allylic oxidation sites excluding steroid dienone is 1. The van der Waals surface area contributed by atoms with Crippen molar-refractivity contribution in [3.05, 3.63) is 12.2 Å². The van der Waals surface area contributed by atoms with Crippen molar-refractivity contribution < 1.29 is 9.00 Å². The zero-order chi connectivity index (χ0) is 19.4. The van der Waals surface area contributed by atoms with Crippen molar-refractivity contribution >= 4 is 16.6 Å². The molecule has 8 atom stereocenters. The number of hydrogen-bond donors (Lipinski definition) is 1. The maximum Gasteiger partial charge on any atom is 0.139 e. The normalized spacial score (nSPS) is 47.9. The molecule has 0 aromatic rings. The van der Waals surface area contributed by atoms with Gasteiger partial charge < -0.3 is 5.73 Å². The van der Waals surface area contributed by atoms with E-state index in [2.05, 4.69) is 20.4 Å². The zero-order valence-corrected chi connectivity index (χ0v) is 18.0. The summed E-state index contributed by atoms with van der Waals surface area (Å²) in [5.74, 6) is 3.71. The van der Waals surface area contributed by atoms with Crippen molar-refractivity contribution in [3.63, 3.8) is 0 Å². The van der Waals surface area contributed by atoms with Crippen molar-refractivity contribution in [2.45, 2.75) is 76.9 Å². The van der Waals surface area contributed by atoms with E-state index in [0.717, 1.165) is 56.6 Å². The molecule has 0 amide bonds. The Kier molecular flexibility index (Phi) is 5.20. The molecule has 2 N–H and O–H groups in total. The summed E-state index contributed by atoms with van der Waals surface area (Å²) in [6, 6.07) is 0. The van der Waals surface area contributed by atoms with Gasteiger partial charge in [-0.05, 0) is 87.0 Å². The zero-order valence-electron chi connectivity index (χ0n) is 17.2. The Balaban J connectivity index is 1.55. The molecule has 4 fully saturated rings. The summed E-state index contributed by atoms with van der Waals surface area (Å²) in [6.07, 6.45) is 9.44. The van der Waals surface area contributed by atoms with Crippen LogP contribution in [-0.4, -0.2) is 27.5 Å². The van der Waals surface area contributed by atoms with Gasteiger partial charge in [0.1, 0.15) is 5.78 Å². The number of carbonyl (C=O) groups excluding carboxylic acids is 1. The van der Waals surface area contributed by atoms with E-state index >= 15 is 0 Å². The predicted molar refractivity (Wildman–Crippen MR) is 112 cm³/mol. The Labute approximate surface area is 167 Å². The average molecular weight is 392 g/mol. The smallest absolute Gasteiger partial charge is 0.139 e. The Morgan fingerprint density at radius 1 is 1.19 bits per heavy atom. The summed E-state index contributed by atoms with van der Waals surface area (Å²) in [5, 5.41) is 0.324. The fourth-order valence-electron chi connectivity index (χ4n) is 7.61. The van der Waals surface area contributed by atoms with Gasteiger partial charge in [-0.3, -0.25) is 9.00 Å². The lowest BCUT2D eigenvalue weighted by atomic mass is 9.44. The molecule has 0 heterocycles. The molecule has 4 heteroatoms. The van der Waals surface area contributed by atoms with Crippen molar-refractivity contribution in [3.8, 4) is 0 Å². The third-order valence-electron chi connectivity index (χ3n) is 9.20. The van der Waals surface area contributed by atoms with E-state index in [4.69, 9.17) is 5.73 Å². The van der Waals surface area contributed by atoms with Crippen LogP contribution in [-0.2, 0) is 15.6 Å². The molecule has 0 spiro atoms. The Morgan fingerprint density at radius 3 is 2.70 bits per heavy atom. The van der Waals surface area contributed by atoms with E-state index in [0.29, 0.717) is 40.7 Å². The lowest BCUT2D eigenvalue weighted by Gasteiger charge is -2.60. The first-order valence-corrected chi connectivity index (χ1v) is 12.5. The van der Waals surface area contributed by atoms with E-state index in [9.17, 15) is 9.00 Å². The van der Waals surface area contributed by atoms with Gasteiger partial charge in [-0.2, -0.15) is 0 Å². The first-order valence-electron chi connectivity index (χ1n) is 11.1. The van der Waals surface area contributed by atoms with Crippen molar-refractivity contribution in [1.29, 1.82) is 0 Å². The highest BCUT2D eigenvalue weighted by Crippen LogP contribution is 2.66. The van der Waals surface area contributed by atoms with E-state index < -0.39 is 10.8 Å². The van der Waals surface area contributed by atoms with Gasteiger partial charge in [0.25, 0.3) is 0 Å². The topological polar surface area (TPSA) is 60.2 Å². The second-order valence-corrected chi connectivity index (χ2v) is 12.2. The monoisotopic (exact) mass is 391 g/mol. The van der Waals surface area contributed by atoms with Crippen LogP contribution in [0.3, 0.4) is 0 Å². The molecule has 4 aliphatic carbocycles. The maximum atomic E-state index is 12.7. The number of carbonyl (C=O) groups is 1. The van der Waals surface area contributed by atoms with Gasteiger partial charge in [0.2, 0.25) is 0 Å². The third kappa shape index (κ3) is 3.01. The van der Waals surface area contributed by atoms with E-state index in [1.54, 1.807) is 0 Å². The van der Waals surface area contributed by atoms with Crippen LogP contribution in [0.2, 0.25) is 0 Å². The molecule has 3 unspecified atom stereocenters. The van der Waals surface area contributed by atoms with Gasteiger partial charge in [0, 0.05) is 33.6 Å². The molecule has 0 aliphatic heterocycles. The van der Waals surface area contributed by atoms with Crippen LogP contribution in [0.4, 0.5) is 0 Å². The summed E-state index contributed by atoms with van der Waals surface area (Å²) < 4.78 is 12.7. The summed E-state index contributed by atoms with van der Waals surface area (Å²) >= 11 is 0. The molecule has 0 radical (unpaired) electrons. The molecule has 27 heavy (non-hydrogen) atoms. The molecule has 0 aromatic heterocycles. The number of nitrogens with two attached hydrogens (primary N) is 1. The summed E-state index contributed by atoms with van der Waals surface area (Å²) in [5.41, 5.74) is 7.24. The van der Waals surface area contributed by atoms with Crippen LogP contribution in [0.5, 0.6) is 0 Å². The van der Waals surface area contributed by atoms with Gasteiger partial charge >= 0.3 is 0 Å². The van der Waals surface area contributed by atoms with Gasteiger partial charge in [-0.1, -0.05) is 26.0 Å². The standard InChI is InChI=1S/C23H37NO2S/c1-15-13-17-18-5-6-21(25)23(18,3)10-8-19(17)22(2)9-7-16(14-20(15)22)27(26)12-4-11-24/h16-20H,1,4-14,24H2,2-3H3/t16?,17-,18-,19+,20?,22+,23-,27?/m0/s1. The highest BCUT2D eigenvalue weighted by Gasteiger charge is 2.61. The Hall–Kier alpha value is -0.480. The van der Waals surface area contributed by atoms with E-state index in [-0.39, 0.29) is 5.41 Å². The lowest BCUT2D eigenvalue weighted by molar-refractivity contribution is -0.135. The predicted octanol–water partition coefficient (Wildman–Crippen LogP) is 4.23. The van der Waals surface area contributed by atoms with Crippen LogP contribution in [0, 0.1) is 34.5 Å². The van der Waals surface area contributed by atoms with Crippen molar-refractivity contribution in [2.24, 2.45) is 40.2 Å². The second kappa shape index (κ2) is 7.09. The van der Waals surface area contributed by atoms with Gasteiger partial charge in [-0.25, -0.2) is 0 Å². The van der Waals surface area contributed by atoms with E-state index in [1.807, 2.05) is 0 Å². The van der Waals surface area contributed by atoms with Crippen LogP contribution in [0.25, 0.3) is 0 Å². The van der Waals surface area contributed by atoms with Gasteiger partial charge in [0.15, 0.2) is 0 Å². The molecule has 152 valence electrons. The SMILES string of the molecule is C=C1C[C@@H]2[C@@H](CC[C@]3(C)C(=O)CC[C@@H]23)[C@@]2(C)CCC(S(=O)CCCN)CC12. The van der Waals surface area contributed by atoms with Crippen LogP contribution in [0.1, 0.15) is 71.6 Å². The third-order valence-corrected chi connectivity index (χ3v) is 11.1. The lowest BCUT2D eigenvalue weighted by Crippen LogP contribution is -2.55. The summed E-state index contributed by atoms with van der Waals surface area (Å²) in [7, 11) is -0.746. The Morgan fingerprint density at radius 2 is 1.96 bits per heavy atom. The summed E-state index contributed by atoms with van der Waals surface area (Å²) in [4.78, 5) is 12.6. The molecule has 0 saturated heterocycles. The number of rotatable bonds is 4. The molecular formula is C23H37NO2S. The second-order valence-electron chi connectivity index (χ2n) is 10.3. The number of fused-ring (bicyclic) bond motifs is 5. The Bertz CT molecular complexity index is 661. The molecule has 4 saturated carbocycles. The molecular weight excluding hydrogens is 354 g/mol. The fraction of sp³-hybridized carbons (Fsp3) is 0.870. The van der Waals surface area contributed by atoms with Gasteiger partial charge in [-0.15, -0.1) is 0 Å². The molecule has 4 rings (SSSR count). The van der Waals surface area contributed by atoms with Crippen LogP contribution in [0.15, 0.2) is 12.2 Å². The minimum Gasteiger partial charge on any atom is -0.330 e. The van der Waals surface area contributed by atoms with Crippen LogP contribution < -0.4 is 5.73 Å². The summed E-state index contributed by atoms with van der Waals surface area (Å²) in [6.45, 7) is 9.92. The highest BCUT2D eigenvalue weighted by atomic mass is 32.2. The number of Topliss-reactive ketones (excluding diaryl/α,β-unsaturated/α-hetero) is 1. The molecule has 3 nitrogen and oxygen atoms in total. The fourth-order valence-corrected chi connectivity index (χ4v) is 9.18. The first kappa shape index (κ1) is 19.8. The quantitative estimate of drug-likeness (QED) is 0.730. The van der Waals surface area contributed by atoms with Crippen molar-refractivity contribution in [2.75, 3.05) is 12.3 Å². The highest BCUT2D eigenvalue weighted by molar-refractivity contribution is 7.85. The average Bonchev–Trinajstić information content (AvgIpc) is 2.95. The first-order chi connectivity index (χ1) is 12.8. The van der Waals surface area contributed by atoms with Crippen molar-refractivity contribution in [1.82, 2.24) is 0 Å². The number of hydrogen-bond acceptors (Lipinski definition) is 3. The van der Waals surface area contributed by atoms with Gasteiger partial charge in [0.05, 0.1) is 0 Å². The molecule has 0 bridgehead atoms. The largest absolute Gasteiger partial charge is 0.330 e.